The van der Waals surface area contributed by atoms with Gasteiger partial charge in [0.25, 0.3) is 0 Å². The molecular weight excluding hydrogens is 412 g/mol. The van der Waals surface area contributed by atoms with Crippen LogP contribution < -0.4 is 20.3 Å². The van der Waals surface area contributed by atoms with Crippen LogP contribution in [0.3, 0.4) is 0 Å². The zero-order valence-electron chi connectivity index (χ0n) is 15.2. The van der Waals surface area contributed by atoms with Gasteiger partial charge in [0.15, 0.2) is 5.96 Å². The van der Waals surface area contributed by atoms with Gasteiger partial charge in [0.05, 0.1) is 16.6 Å². The number of guanidine groups is 1. The van der Waals surface area contributed by atoms with E-state index in [0.29, 0.717) is 6.04 Å². The lowest BCUT2D eigenvalue weighted by Crippen LogP contribution is -2.45. The summed E-state index contributed by atoms with van der Waals surface area (Å²) in [6, 6.07) is 12.8. The van der Waals surface area contributed by atoms with Crippen molar-refractivity contribution in [2.24, 2.45) is 4.99 Å². The lowest BCUT2D eigenvalue weighted by molar-refractivity contribution is 0.415. The summed E-state index contributed by atoms with van der Waals surface area (Å²) in [4.78, 5) is 8.10. The highest BCUT2D eigenvalue weighted by molar-refractivity contribution is 9.11. The Morgan fingerprint density at radius 2 is 2.19 bits per heavy atom. The molecule has 0 saturated carbocycles. The number of anilines is 1. The topological polar surface area (TPSA) is 48.9 Å². The molecule has 26 heavy (non-hydrogen) atoms. The predicted molar refractivity (Wildman–Crippen MR) is 114 cm³/mol. The molecule has 2 N–H and O–H groups in total. The first-order chi connectivity index (χ1) is 12.7. The highest BCUT2D eigenvalue weighted by atomic mass is 79.9. The van der Waals surface area contributed by atoms with Gasteiger partial charge >= 0.3 is 0 Å². The van der Waals surface area contributed by atoms with Gasteiger partial charge in [0.2, 0.25) is 0 Å². The van der Waals surface area contributed by atoms with E-state index in [4.69, 9.17) is 4.74 Å². The summed E-state index contributed by atoms with van der Waals surface area (Å²) < 4.78 is 6.67. The minimum atomic E-state index is 0.377. The Balaban J connectivity index is 1.49. The van der Waals surface area contributed by atoms with Crippen LogP contribution in [0.2, 0.25) is 0 Å². The summed E-state index contributed by atoms with van der Waals surface area (Å²) in [6.45, 7) is 2.83. The van der Waals surface area contributed by atoms with E-state index in [1.165, 1.54) is 8.66 Å². The van der Waals surface area contributed by atoms with Crippen LogP contribution in [0.4, 0.5) is 5.69 Å². The molecule has 1 saturated heterocycles. The SMILES string of the molecule is CN=C(NCCc1ccc(Br)s1)NC1CCN(c2ccccc2OC)C1. The number of hydrogen-bond donors (Lipinski definition) is 2. The van der Waals surface area contributed by atoms with Crippen molar-refractivity contribution in [3.05, 3.63) is 45.1 Å². The van der Waals surface area contributed by atoms with E-state index in [9.17, 15) is 0 Å². The monoisotopic (exact) mass is 436 g/mol. The molecule has 2 heterocycles. The van der Waals surface area contributed by atoms with E-state index in [1.54, 1.807) is 18.4 Å². The number of ether oxygens (including phenoxy) is 1. The molecule has 1 aromatic carbocycles. The summed E-state index contributed by atoms with van der Waals surface area (Å²) in [7, 11) is 3.55. The van der Waals surface area contributed by atoms with Crippen LogP contribution in [-0.4, -0.2) is 45.8 Å². The number of benzene rings is 1. The largest absolute Gasteiger partial charge is 0.495 e. The van der Waals surface area contributed by atoms with Gasteiger partial charge in [-0.3, -0.25) is 4.99 Å². The average molecular weight is 437 g/mol. The molecule has 2 aromatic rings. The minimum Gasteiger partial charge on any atom is -0.495 e. The molecule has 1 fully saturated rings. The van der Waals surface area contributed by atoms with Gasteiger partial charge in [0, 0.05) is 37.6 Å². The van der Waals surface area contributed by atoms with E-state index in [1.807, 2.05) is 19.2 Å². The van der Waals surface area contributed by atoms with Crippen molar-refractivity contribution in [3.8, 4) is 5.75 Å². The van der Waals surface area contributed by atoms with E-state index in [0.717, 1.165) is 49.9 Å². The Bertz CT molecular complexity index is 749. The highest BCUT2D eigenvalue weighted by Crippen LogP contribution is 2.30. The summed E-state index contributed by atoms with van der Waals surface area (Å²) in [6.07, 6.45) is 2.07. The Morgan fingerprint density at radius 3 is 2.92 bits per heavy atom. The standard InChI is InChI=1S/C19H25BrN4OS/c1-21-19(22-11-9-15-7-8-18(20)26-15)23-14-10-12-24(13-14)16-5-3-4-6-17(16)25-2/h3-8,14H,9-13H2,1-2H3,(H2,21,22,23). The highest BCUT2D eigenvalue weighted by Gasteiger charge is 2.25. The first-order valence-electron chi connectivity index (χ1n) is 8.79. The molecule has 5 nitrogen and oxygen atoms in total. The van der Waals surface area contributed by atoms with Gasteiger partial charge in [-0.1, -0.05) is 12.1 Å². The number of rotatable bonds is 6. The first-order valence-corrected chi connectivity index (χ1v) is 10.4. The molecule has 0 spiro atoms. The third-order valence-corrected chi connectivity index (χ3v) is 6.15. The Kier molecular flexibility index (Phi) is 6.80. The van der Waals surface area contributed by atoms with Crippen LogP contribution in [0.1, 0.15) is 11.3 Å². The molecule has 1 aliphatic heterocycles. The molecule has 1 aliphatic rings. The van der Waals surface area contributed by atoms with Crippen LogP contribution in [0.25, 0.3) is 0 Å². The van der Waals surface area contributed by atoms with Crippen molar-refractivity contribution in [2.75, 3.05) is 38.7 Å². The van der Waals surface area contributed by atoms with Crippen molar-refractivity contribution in [3.63, 3.8) is 0 Å². The average Bonchev–Trinajstić information content (AvgIpc) is 3.29. The zero-order chi connectivity index (χ0) is 18.4. The van der Waals surface area contributed by atoms with Gasteiger partial charge < -0.3 is 20.3 Å². The second-order valence-corrected chi connectivity index (χ2v) is 8.75. The molecular formula is C19H25BrN4OS. The third-order valence-electron chi connectivity index (χ3n) is 4.47. The van der Waals surface area contributed by atoms with Crippen LogP contribution in [-0.2, 0) is 6.42 Å². The van der Waals surface area contributed by atoms with E-state index >= 15 is 0 Å². The molecule has 7 heteroatoms. The van der Waals surface area contributed by atoms with E-state index in [-0.39, 0.29) is 0 Å². The molecule has 3 rings (SSSR count). The Hall–Kier alpha value is -1.73. The van der Waals surface area contributed by atoms with Gasteiger partial charge in [-0.2, -0.15) is 0 Å². The molecule has 0 amide bonds. The number of aliphatic imine (C=N–C) groups is 1. The maximum Gasteiger partial charge on any atom is 0.191 e. The third kappa shape index (κ3) is 4.92. The van der Waals surface area contributed by atoms with E-state index in [2.05, 4.69) is 60.7 Å². The quantitative estimate of drug-likeness (QED) is 0.537. The normalized spacial score (nSPS) is 17.4. The molecule has 140 valence electrons. The second-order valence-electron chi connectivity index (χ2n) is 6.20. The smallest absolute Gasteiger partial charge is 0.191 e. The molecule has 1 aromatic heterocycles. The van der Waals surface area contributed by atoms with Gasteiger partial charge in [0.1, 0.15) is 5.75 Å². The van der Waals surface area contributed by atoms with Crippen molar-refractivity contribution >= 4 is 38.9 Å². The lowest BCUT2D eigenvalue weighted by atomic mass is 10.2. The predicted octanol–water partition coefficient (Wildman–Crippen LogP) is 3.51. The van der Waals surface area contributed by atoms with Crippen LogP contribution >= 0.6 is 27.3 Å². The Morgan fingerprint density at radius 1 is 1.35 bits per heavy atom. The Labute approximate surface area is 167 Å². The molecule has 1 unspecified atom stereocenters. The fraction of sp³-hybridized carbons (Fsp3) is 0.421. The number of nitrogens with zero attached hydrogens (tertiary/aromatic N) is 2. The maximum atomic E-state index is 5.49. The first kappa shape index (κ1) is 19.0. The lowest BCUT2D eigenvalue weighted by Gasteiger charge is -2.22. The van der Waals surface area contributed by atoms with Gasteiger partial charge in [-0.15, -0.1) is 11.3 Å². The molecule has 0 radical (unpaired) electrons. The summed E-state index contributed by atoms with van der Waals surface area (Å²) in [5.41, 5.74) is 1.16. The van der Waals surface area contributed by atoms with Gasteiger partial charge in [-0.25, -0.2) is 0 Å². The van der Waals surface area contributed by atoms with Crippen molar-refractivity contribution in [2.45, 2.75) is 18.9 Å². The number of thiophene rings is 1. The summed E-state index contributed by atoms with van der Waals surface area (Å²) in [5.74, 6) is 1.80. The maximum absolute atomic E-state index is 5.49. The number of halogens is 1. The summed E-state index contributed by atoms with van der Waals surface area (Å²) in [5, 5.41) is 6.96. The van der Waals surface area contributed by atoms with Crippen molar-refractivity contribution in [1.82, 2.24) is 10.6 Å². The number of para-hydroxylation sites is 2. The van der Waals surface area contributed by atoms with Crippen LogP contribution in [0, 0.1) is 0 Å². The fourth-order valence-electron chi connectivity index (χ4n) is 3.17. The van der Waals surface area contributed by atoms with E-state index < -0.39 is 0 Å². The molecule has 0 aliphatic carbocycles. The van der Waals surface area contributed by atoms with Crippen LogP contribution in [0.5, 0.6) is 5.75 Å². The van der Waals surface area contributed by atoms with Crippen molar-refractivity contribution in [1.29, 1.82) is 0 Å². The minimum absolute atomic E-state index is 0.377. The molecule has 0 bridgehead atoms. The fourth-order valence-corrected chi connectivity index (χ4v) is 4.65. The number of nitrogens with one attached hydrogen (secondary N) is 2. The van der Waals surface area contributed by atoms with Gasteiger partial charge in [-0.05, 0) is 53.0 Å². The zero-order valence-corrected chi connectivity index (χ0v) is 17.6. The number of hydrogen-bond acceptors (Lipinski definition) is 4. The van der Waals surface area contributed by atoms with Crippen molar-refractivity contribution < 1.29 is 4.74 Å². The molecule has 1 atom stereocenters. The second kappa shape index (κ2) is 9.28. The van der Waals surface area contributed by atoms with Crippen LogP contribution in [0.15, 0.2) is 45.2 Å². The number of methoxy groups -OCH3 is 1. The summed E-state index contributed by atoms with van der Waals surface area (Å²) >= 11 is 5.29.